The van der Waals surface area contributed by atoms with E-state index in [0.717, 1.165) is 33.4 Å². The summed E-state index contributed by atoms with van der Waals surface area (Å²) in [5.41, 5.74) is 3.85. The van der Waals surface area contributed by atoms with Crippen molar-refractivity contribution in [3.8, 4) is 16.3 Å². The summed E-state index contributed by atoms with van der Waals surface area (Å²) in [5, 5.41) is 20.1. The van der Waals surface area contributed by atoms with Crippen LogP contribution in [0.4, 0.5) is 5.13 Å². The number of H-pyrrole nitrogens is 1. The summed E-state index contributed by atoms with van der Waals surface area (Å²) in [5.74, 6) is -0.316. The molecule has 3 heterocycles. The normalized spacial score (nSPS) is 10.9. The van der Waals surface area contributed by atoms with E-state index in [9.17, 15) is 4.79 Å². The number of nitrogens with one attached hydrogen (secondary N) is 2. The Morgan fingerprint density at radius 1 is 1.06 bits per heavy atom. The van der Waals surface area contributed by atoms with Crippen molar-refractivity contribution < 1.29 is 9.53 Å². The van der Waals surface area contributed by atoms with Crippen LogP contribution < -0.4 is 10.1 Å². The summed E-state index contributed by atoms with van der Waals surface area (Å²) in [7, 11) is 0. The van der Waals surface area contributed by atoms with Crippen molar-refractivity contribution in [2.24, 2.45) is 0 Å². The highest BCUT2D eigenvalue weighted by molar-refractivity contribution is 7.17. The second-order valence-electron chi connectivity index (χ2n) is 6.80. The minimum Gasteiger partial charge on any atom is -0.464 e. The Balaban J connectivity index is 1.33. The van der Waals surface area contributed by atoms with Crippen molar-refractivity contribution in [3.63, 3.8) is 0 Å². The van der Waals surface area contributed by atoms with Gasteiger partial charge in [-0.3, -0.25) is 20.2 Å². The average molecular weight is 463 g/mol. The van der Waals surface area contributed by atoms with Crippen molar-refractivity contribution in [1.29, 1.82) is 0 Å². The number of ether oxygens (including phenoxy) is 1. The molecule has 8 nitrogen and oxygen atoms in total. The van der Waals surface area contributed by atoms with Crippen molar-refractivity contribution in [1.82, 2.24) is 25.4 Å². The van der Waals surface area contributed by atoms with Crippen molar-refractivity contribution in [3.05, 3.63) is 83.3 Å². The van der Waals surface area contributed by atoms with Crippen LogP contribution in [0.1, 0.15) is 15.9 Å². The number of halogens is 1. The minimum absolute atomic E-state index is 0.316. The topological polar surface area (TPSA) is 106 Å². The Morgan fingerprint density at radius 2 is 1.94 bits per heavy atom. The fraction of sp³-hybridized carbons (Fsp3) is 0.0455. The second kappa shape index (κ2) is 8.74. The van der Waals surface area contributed by atoms with Gasteiger partial charge in [0.1, 0.15) is 6.61 Å². The van der Waals surface area contributed by atoms with E-state index in [4.69, 9.17) is 16.3 Å². The number of fused-ring (bicyclic) bond motifs is 1. The van der Waals surface area contributed by atoms with E-state index in [1.165, 1.54) is 0 Å². The van der Waals surface area contributed by atoms with Gasteiger partial charge in [0.05, 0.1) is 17.3 Å². The number of carbonyl (C=O) groups excluding carboxylic acids is 1. The first kappa shape index (κ1) is 20.1. The van der Waals surface area contributed by atoms with Crippen molar-refractivity contribution >= 4 is 44.9 Å². The number of rotatable bonds is 6. The summed E-state index contributed by atoms with van der Waals surface area (Å²) in [4.78, 5) is 17.2. The zero-order valence-electron chi connectivity index (χ0n) is 16.4. The number of anilines is 1. The molecule has 0 radical (unpaired) electrons. The van der Waals surface area contributed by atoms with Gasteiger partial charge in [-0.1, -0.05) is 41.0 Å². The molecule has 158 valence electrons. The van der Waals surface area contributed by atoms with Crippen LogP contribution in [0, 0.1) is 0 Å². The third-order valence-electron chi connectivity index (χ3n) is 4.74. The van der Waals surface area contributed by atoms with Crippen LogP contribution in [0.5, 0.6) is 5.19 Å². The molecule has 0 bridgehead atoms. The summed E-state index contributed by atoms with van der Waals surface area (Å²) >= 11 is 7.05. The molecule has 2 aromatic carbocycles. The number of hydrogen-bond acceptors (Lipinski definition) is 7. The molecule has 0 fully saturated rings. The van der Waals surface area contributed by atoms with Gasteiger partial charge in [0.2, 0.25) is 5.13 Å². The van der Waals surface area contributed by atoms with E-state index in [-0.39, 0.29) is 5.91 Å². The molecule has 0 atom stereocenters. The van der Waals surface area contributed by atoms with E-state index < -0.39 is 0 Å². The second-order valence-corrected chi connectivity index (χ2v) is 8.18. The highest BCUT2D eigenvalue weighted by Gasteiger charge is 2.17. The maximum atomic E-state index is 13.0. The van der Waals surface area contributed by atoms with Gasteiger partial charge >= 0.3 is 0 Å². The van der Waals surface area contributed by atoms with Gasteiger partial charge in [0, 0.05) is 28.4 Å². The van der Waals surface area contributed by atoms with Crippen LogP contribution in [0.2, 0.25) is 5.02 Å². The molecule has 5 aromatic rings. The van der Waals surface area contributed by atoms with Gasteiger partial charge in [-0.15, -0.1) is 5.10 Å². The van der Waals surface area contributed by atoms with Gasteiger partial charge in [-0.25, -0.2) is 0 Å². The summed E-state index contributed by atoms with van der Waals surface area (Å²) < 4.78 is 5.66. The molecule has 32 heavy (non-hydrogen) atoms. The third-order valence-corrected chi connectivity index (χ3v) is 5.75. The molecule has 0 aliphatic heterocycles. The Bertz CT molecular complexity index is 1400. The van der Waals surface area contributed by atoms with Gasteiger partial charge in [-0.05, 0) is 46.7 Å². The van der Waals surface area contributed by atoms with E-state index in [1.807, 2.05) is 30.3 Å². The van der Waals surface area contributed by atoms with Gasteiger partial charge < -0.3 is 4.74 Å². The third kappa shape index (κ3) is 4.16. The number of nitrogens with zero attached hydrogens (tertiary/aromatic N) is 4. The maximum absolute atomic E-state index is 13.0. The van der Waals surface area contributed by atoms with Crippen molar-refractivity contribution in [2.75, 3.05) is 5.32 Å². The number of aromatic amines is 1. The first-order valence-corrected chi connectivity index (χ1v) is 10.8. The van der Waals surface area contributed by atoms with Crippen LogP contribution >= 0.6 is 22.9 Å². The zero-order valence-corrected chi connectivity index (χ0v) is 18.0. The molecule has 0 spiro atoms. The van der Waals surface area contributed by atoms with Crippen LogP contribution in [0.3, 0.4) is 0 Å². The first-order chi connectivity index (χ1) is 15.7. The quantitative estimate of drug-likeness (QED) is 0.369. The standard InChI is InChI=1S/C22H15ClN6O2S/c23-14-6-4-13(5-7-14)12-31-22-29-28-21(32-22)26-20(30)16-8-9-24-10-17(16)15-2-1-3-19-18(15)11-25-27-19/h1-11H,12H2,(H,25,27)(H,26,28,30). The molecule has 0 saturated carbocycles. The Labute approximate surface area is 191 Å². The highest BCUT2D eigenvalue weighted by Crippen LogP contribution is 2.31. The molecule has 0 saturated heterocycles. The summed E-state index contributed by atoms with van der Waals surface area (Å²) in [6.45, 7) is 0.322. The highest BCUT2D eigenvalue weighted by atomic mass is 35.5. The lowest BCUT2D eigenvalue weighted by atomic mass is 9.98. The predicted molar refractivity (Wildman–Crippen MR) is 123 cm³/mol. The molecular formula is C22H15ClN6O2S. The fourth-order valence-electron chi connectivity index (χ4n) is 3.22. The molecule has 10 heteroatoms. The van der Waals surface area contributed by atoms with Crippen LogP contribution in [0.15, 0.2) is 67.1 Å². The lowest BCUT2D eigenvalue weighted by Crippen LogP contribution is -2.13. The largest absolute Gasteiger partial charge is 0.464 e. The molecule has 5 rings (SSSR count). The monoisotopic (exact) mass is 462 g/mol. The number of carbonyl (C=O) groups is 1. The average Bonchev–Trinajstić information content (AvgIpc) is 3.48. The summed E-state index contributed by atoms with van der Waals surface area (Å²) in [6.07, 6.45) is 4.97. The zero-order chi connectivity index (χ0) is 21.9. The molecule has 1 amide bonds. The maximum Gasteiger partial charge on any atom is 0.296 e. The smallest absolute Gasteiger partial charge is 0.296 e. The van der Waals surface area contributed by atoms with E-state index in [0.29, 0.717) is 33.1 Å². The SMILES string of the molecule is O=C(Nc1nnc(OCc2ccc(Cl)cc2)s1)c1ccncc1-c1cccc2[nH]ncc12. The number of hydrogen-bond donors (Lipinski definition) is 2. The first-order valence-electron chi connectivity index (χ1n) is 9.56. The molecule has 0 unspecified atom stereocenters. The van der Waals surface area contributed by atoms with Crippen LogP contribution in [0.25, 0.3) is 22.0 Å². The molecule has 2 N–H and O–H groups in total. The Hall–Kier alpha value is -3.82. The Kier molecular flexibility index (Phi) is 5.49. The Morgan fingerprint density at radius 3 is 2.81 bits per heavy atom. The number of pyridine rings is 1. The van der Waals surface area contributed by atoms with Crippen molar-refractivity contribution in [2.45, 2.75) is 6.61 Å². The van der Waals surface area contributed by atoms with Crippen LogP contribution in [-0.2, 0) is 6.61 Å². The summed E-state index contributed by atoms with van der Waals surface area (Å²) in [6, 6.07) is 14.8. The molecular weight excluding hydrogens is 448 g/mol. The van der Waals surface area contributed by atoms with Gasteiger partial charge in [0.15, 0.2) is 0 Å². The van der Waals surface area contributed by atoms with E-state index in [1.54, 1.807) is 36.8 Å². The molecule has 0 aliphatic carbocycles. The van der Waals surface area contributed by atoms with E-state index >= 15 is 0 Å². The number of benzene rings is 2. The fourth-order valence-corrected chi connectivity index (χ4v) is 3.94. The predicted octanol–water partition coefficient (Wildman–Crippen LogP) is 4.96. The van der Waals surface area contributed by atoms with Gasteiger partial charge in [-0.2, -0.15) is 5.10 Å². The molecule has 3 aromatic heterocycles. The minimum atomic E-state index is -0.316. The van der Waals surface area contributed by atoms with Crippen LogP contribution in [-0.4, -0.2) is 31.3 Å². The van der Waals surface area contributed by atoms with Gasteiger partial charge in [0.25, 0.3) is 11.1 Å². The number of amides is 1. The lowest BCUT2D eigenvalue weighted by molar-refractivity contribution is 0.102. The number of aromatic nitrogens is 5. The lowest BCUT2D eigenvalue weighted by Gasteiger charge is -2.09. The van der Waals surface area contributed by atoms with E-state index in [2.05, 4.69) is 30.7 Å². The molecule has 0 aliphatic rings.